The molecule has 1 saturated heterocycles. The molecule has 0 saturated carbocycles. The lowest BCUT2D eigenvalue weighted by atomic mass is 9.92. The summed E-state index contributed by atoms with van der Waals surface area (Å²) in [6.45, 7) is 3.42. The maximum atomic E-state index is 11.3. The third-order valence-corrected chi connectivity index (χ3v) is 2.14. The average Bonchev–Trinajstić information content (AvgIpc) is 2.86. The molecule has 1 heterocycles. The molecule has 3 heteroatoms. The first kappa shape index (κ1) is 8.24. The lowest BCUT2D eigenvalue weighted by Gasteiger charge is -2.08. The van der Waals surface area contributed by atoms with Crippen molar-refractivity contribution in [3.63, 3.8) is 0 Å². The highest BCUT2D eigenvalue weighted by Crippen LogP contribution is 2.42. The summed E-state index contributed by atoms with van der Waals surface area (Å²) in [5.74, 6) is 5.03. The fraction of sp³-hybridized carbons (Fsp3) is 0.300. The number of ether oxygens (including phenoxy) is 1. The van der Waals surface area contributed by atoms with Crippen LogP contribution in [0, 0.1) is 11.8 Å². The number of carbonyl (C=O) groups is 1. The number of epoxide rings is 1. The molecule has 3 atom stereocenters. The second-order valence-electron chi connectivity index (χ2n) is 2.96. The van der Waals surface area contributed by atoms with Crippen molar-refractivity contribution in [3.05, 3.63) is 24.8 Å². The zero-order valence-electron chi connectivity index (χ0n) is 6.86. The lowest BCUT2D eigenvalue weighted by molar-refractivity contribution is -0.117. The molecule has 0 radical (unpaired) electrons. The van der Waals surface area contributed by atoms with Gasteiger partial charge in [0.2, 0.25) is 11.4 Å². The number of hydrogen-bond acceptors (Lipinski definition) is 3. The summed E-state index contributed by atoms with van der Waals surface area (Å²) in [6.07, 6.45) is 2.92. The molecule has 1 aliphatic carbocycles. The summed E-state index contributed by atoms with van der Waals surface area (Å²) < 4.78 is 5.11. The van der Waals surface area contributed by atoms with Crippen molar-refractivity contribution in [2.75, 3.05) is 0 Å². The molecule has 2 rings (SSSR count). The molecule has 13 heavy (non-hydrogen) atoms. The van der Waals surface area contributed by atoms with Crippen LogP contribution in [0.5, 0.6) is 0 Å². The molecule has 0 aromatic rings. The number of allylic oxidation sites excluding steroid dienone is 1. The predicted molar refractivity (Wildman–Crippen MR) is 45.7 cm³/mol. The van der Waals surface area contributed by atoms with Crippen LogP contribution in [0.4, 0.5) is 0 Å². The Balaban J connectivity index is 2.32. The number of carbonyl (C=O) groups excluding carboxylic acids is 1. The van der Waals surface area contributed by atoms with Crippen molar-refractivity contribution in [1.29, 1.82) is 0 Å². The van der Waals surface area contributed by atoms with Crippen molar-refractivity contribution < 1.29 is 14.6 Å². The highest BCUT2D eigenvalue weighted by molar-refractivity contribution is 6.04. The van der Waals surface area contributed by atoms with Gasteiger partial charge < -0.3 is 9.84 Å². The highest BCUT2D eigenvalue weighted by atomic mass is 16.6. The first-order valence-electron chi connectivity index (χ1n) is 3.93. The fourth-order valence-corrected chi connectivity index (χ4v) is 1.41. The van der Waals surface area contributed by atoms with E-state index in [2.05, 4.69) is 18.4 Å². The average molecular weight is 176 g/mol. The van der Waals surface area contributed by atoms with E-state index in [-0.39, 0.29) is 5.78 Å². The Labute approximate surface area is 75.7 Å². The van der Waals surface area contributed by atoms with Crippen LogP contribution >= 0.6 is 0 Å². The van der Waals surface area contributed by atoms with Gasteiger partial charge in [-0.05, 0) is 18.2 Å². The van der Waals surface area contributed by atoms with Crippen molar-refractivity contribution >= 4 is 5.78 Å². The summed E-state index contributed by atoms with van der Waals surface area (Å²) in [5.41, 5.74) is -1.08. The van der Waals surface area contributed by atoms with E-state index in [0.29, 0.717) is 0 Å². The third-order valence-electron chi connectivity index (χ3n) is 2.14. The first-order chi connectivity index (χ1) is 6.20. The topological polar surface area (TPSA) is 49.8 Å². The van der Waals surface area contributed by atoms with Crippen LogP contribution in [-0.2, 0) is 9.53 Å². The van der Waals surface area contributed by atoms with E-state index in [1.165, 1.54) is 18.2 Å². The number of hydrogen-bond donors (Lipinski definition) is 1. The van der Waals surface area contributed by atoms with Crippen LogP contribution in [0.25, 0.3) is 0 Å². The number of aliphatic hydroxyl groups excluding tert-OH is 1. The molecule has 0 amide bonds. The molecular formula is C10H8O3. The largest absolute Gasteiger partial charge is 0.386 e. The van der Waals surface area contributed by atoms with Gasteiger partial charge in [0.25, 0.3) is 0 Å². The standard InChI is InChI=1S/C10H8O3/c1-2-3-6-10-8(12)5-4-7(11)9(10)13-10/h2,4-5,7,9,11H,1H2/t7-,9+,10-/m0/s1. The van der Waals surface area contributed by atoms with Gasteiger partial charge in [0.1, 0.15) is 12.2 Å². The SMILES string of the molecule is C=CC#C[C@@]12O[C@@H]1[C@@H](O)C=CC2=O. The minimum Gasteiger partial charge on any atom is -0.386 e. The Morgan fingerprint density at radius 3 is 3.23 bits per heavy atom. The molecule has 0 unspecified atom stereocenters. The fourth-order valence-electron chi connectivity index (χ4n) is 1.41. The van der Waals surface area contributed by atoms with Crippen LogP contribution in [0.1, 0.15) is 0 Å². The highest BCUT2D eigenvalue weighted by Gasteiger charge is 2.65. The number of fused-ring (bicyclic) bond motifs is 1. The van der Waals surface area contributed by atoms with Gasteiger partial charge >= 0.3 is 0 Å². The van der Waals surface area contributed by atoms with Crippen LogP contribution < -0.4 is 0 Å². The maximum Gasteiger partial charge on any atom is 0.221 e. The monoisotopic (exact) mass is 176 g/mol. The van der Waals surface area contributed by atoms with Gasteiger partial charge in [-0.3, -0.25) is 4.79 Å². The Hall–Kier alpha value is -1.37. The number of aliphatic hydroxyl groups is 1. The predicted octanol–water partition coefficient (Wildman–Crippen LogP) is -0.187. The molecule has 3 nitrogen and oxygen atoms in total. The van der Waals surface area contributed by atoms with Crippen LogP contribution in [0.3, 0.4) is 0 Å². The van der Waals surface area contributed by atoms with Gasteiger partial charge in [-0.25, -0.2) is 0 Å². The molecule has 0 aromatic heterocycles. The zero-order chi connectivity index (χ0) is 9.47. The Morgan fingerprint density at radius 1 is 1.77 bits per heavy atom. The summed E-state index contributed by atoms with van der Waals surface area (Å²) in [4.78, 5) is 11.3. The van der Waals surface area contributed by atoms with E-state index >= 15 is 0 Å². The summed E-state index contributed by atoms with van der Waals surface area (Å²) in [6, 6.07) is 0. The van der Waals surface area contributed by atoms with Gasteiger partial charge in [-0.1, -0.05) is 18.4 Å². The molecule has 1 fully saturated rings. The molecule has 66 valence electrons. The van der Waals surface area contributed by atoms with Gasteiger partial charge in [-0.2, -0.15) is 0 Å². The van der Waals surface area contributed by atoms with Crippen molar-refractivity contribution in [1.82, 2.24) is 0 Å². The van der Waals surface area contributed by atoms with Gasteiger partial charge in [0.05, 0.1) is 0 Å². The smallest absolute Gasteiger partial charge is 0.221 e. The summed E-state index contributed by atoms with van der Waals surface area (Å²) >= 11 is 0. The zero-order valence-corrected chi connectivity index (χ0v) is 6.86. The molecule has 0 aromatic carbocycles. The van der Waals surface area contributed by atoms with Crippen LogP contribution in [0.15, 0.2) is 24.8 Å². The lowest BCUT2D eigenvalue weighted by Crippen LogP contribution is -2.33. The molecular weight excluding hydrogens is 168 g/mol. The van der Waals surface area contributed by atoms with E-state index in [4.69, 9.17) is 4.74 Å². The van der Waals surface area contributed by atoms with Crippen molar-refractivity contribution in [3.8, 4) is 11.8 Å². The number of ketones is 1. The summed E-state index contributed by atoms with van der Waals surface area (Å²) in [7, 11) is 0. The summed E-state index contributed by atoms with van der Waals surface area (Å²) in [5, 5.41) is 9.34. The van der Waals surface area contributed by atoms with Crippen LogP contribution in [0.2, 0.25) is 0 Å². The van der Waals surface area contributed by atoms with Crippen LogP contribution in [-0.4, -0.2) is 28.7 Å². The minimum atomic E-state index is -1.08. The molecule has 0 spiro atoms. The second-order valence-corrected chi connectivity index (χ2v) is 2.96. The quantitative estimate of drug-likeness (QED) is 0.411. The van der Waals surface area contributed by atoms with Gasteiger partial charge in [-0.15, -0.1) is 0 Å². The van der Waals surface area contributed by atoms with Gasteiger partial charge in [0, 0.05) is 0 Å². The van der Waals surface area contributed by atoms with E-state index in [1.807, 2.05) is 0 Å². The Kier molecular flexibility index (Phi) is 1.62. The van der Waals surface area contributed by atoms with E-state index in [1.54, 1.807) is 0 Å². The van der Waals surface area contributed by atoms with Crippen molar-refractivity contribution in [2.24, 2.45) is 0 Å². The first-order valence-corrected chi connectivity index (χ1v) is 3.93. The Morgan fingerprint density at radius 2 is 2.54 bits per heavy atom. The molecule has 0 bridgehead atoms. The Bertz CT molecular complexity index is 358. The van der Waals surface area contributed by atoms with E-state index < -0.39 is 17.8 Å². The minimum absolute atomic E-state index is 0.197. The van der Waals surface area contributed by atoms with E-state index in [0.717, 1.165) is 0 Å². The van der Waals surface area contributed by atoms with E-state index in [9.17, 15) is 9.90 Å². The van der Waals surface area contributed by atoms with Crippen molar-refractivity contribution in [2.45, 2.75) is 17.8 Å². The van der Waals surface area contributed by atoms with Gasteiger partial charge in [0.15, 0.2) is 0 Å². The molecule has 2 aliphatic rings. The molecule has 1 aliphatic heterocycles. The normalized spacial score (nSPS) is 40.2. The second kappa shape index (κ2) is 2.56. The molecule has 1 N–H and O–H groups in total. The third kappa shape index (κ3) is 1.04. The maximum absolute atomic E-state index is 11.3. The number of rotatable bonds is 0.